The van der Waals surface area contributed by atoms with Crippen molar-refractivity contribution in [3.8, 4) is 0 Å². The first-order valence-corrected chi connectivity index (χ1v) is 10.6. The summed E-state index contributed by atoms with van der Waals surface area (Å²) in [6.07, 6.45) is 3.51. The fourth-order valence-corrected chi connectivity index (χ4v) is 4.02. The van der Waals surface area contributed by atoms with Crippen LogP contribution in [0.2, 0.25) is 0 Å². The smallest absolute Gasteiger partial charge is 0.175 e. The van der Waals surface area contributed by atoms with Gasteiger partial charge in [-0.05, 0) is 43.2 Å². The van der Waals surface area contributed by atoms with Gasteiger partial charge in [0.25, 0.3) is 0 Å². The Morgan fingerprint density at radius 2 is 1.89 bits per heavy atom. The van der Waals surface area contributed by atoms with E-state index in [1.807, 2.05) is 12.1 Å². The molecule has 0 aliphatic carbocycles. The van der Waals surface area contributed by atoms with Gasteiger partial charge in [-0.15, -0.1) is 0 Å². The van der Waals surface area contributed by atoms with E-state index >= 15 is 0 Å². The van der Waals surface area contributed by atoms with Crippen LogP contribution in [-0.2, 0) is 16.3 Å². The van der Waals surface area contributed by atoms with Gasteiger partial charge in [0.15, 0.2) is 9.84 Å². The Balaban J connectivity index is 1.61. The minimum atomic E-state index is -3.28. The van der Waals surface area contributed by atoms with Crippen LogP contribution in [0.25, 0.3) is 21.8 Å². The number of hydrogen-bond acceptors (Lipinski definition) is 5. The lowest BCUT2D eigenvalue weighted by Crippen LogP contribution is -2.08. The zero-order valence-electron chi connectivity index (χ0n) is 15.2. The Labute approximate surface area is 157 Å². The molecule has 4 rings (SSSR count). The van der Waals surface area contributed by atoms with Crippen LogP contribution in [0.4, 0.5) is 5.82 Å². The number of H-pyrrole nitrogens is 1. The van der Waals surface area contributed by atoms with E-state index in [2.05, 4.69) is 39.3 Å². The molecule has 2 aromatic heterocycles. The van der Waals surface area contributed by atoms with Crippen molar-refractivity contribution in [3.05, 3.63) is 60.0 Å². The summed E-state index contributed by atoms with van der Waals surface area (Å²) in [6.45, 7) is 2.76. The van der Waals surface area contributed by atoms with E-state index < -0.39 is 9.84 Å². The number of fused-ring (bicyclic) bond motifs is 2. The van der Waals surface area contributed by atoms with E-state index in [1.54, 1.807) is 18.2 Å². The van der Waals surface area contributed by atoms with Crippen molar-refractivity contribution in [2.24, 2.45) is 0 Å². The second-order valence-electron chi connectivity index (χ2n) is 6.62. The van der Waals surface area contributed by atoms with Crippen LogP contribution >= 0.6 is 0 Å². The summed E-state index contributed by atoms with van der Waals surface area (Å²) >= 11 is 0. The van der Waals surface area contributed by atoms with Gasteiger partial charge in [-0.1, -0.05) is 18.2 Å². The number of anilines is 1. The van der Waals surface area contributed by atoms with Gasteiger partial charge >= 0.3 is 0 Å². The van der Waals surface area contributed by atoms with Crippen molar-refractivity contribution in [3.63, 3.8) is 0 Å². The summed E-state index contributed by atoms with van der Waals surface area (Å²) in [5.41, 5.74) is 4.27. The quantitative estimate of drug-likeness (QED) is 0.553. The number of aromatic nitrogens is 3. The van der Waals surface area contributed by atoms with Gasteiger partial charge in [0.05, 0.1) is 10.4 Å². The molecule has 4 aromatic rings. The van der Waals surface area contributed by atoms with Crippen molar-refractivity contribution < 1.29 is 8.42 Å². The Hall–Kier alpha value is -2.93. The minimum absolute atomic E-state index is 0.264. The van der Waals surface area contributed by atoms with Crippen molar-refractivity contribution in [1.29, 1.82) is 0 Å². The monoisotopic (exact) mass is 380 g/mol. The summed E-state index contributed by atoms with van der Waals surface area (Å²) in [7, 11) is -3.28. The molecule has 6 nitrogen and oxygen atoms in total. The zero-order valence-corrected chi connectivity index (χ0v) is 16.0. The van der Waals surface area contributed by atoms with Crippen molar-refractivity contribution in [2.45, 2.75) is 18.2 Å². The summed E-state index contributed by atoms with van der Waals surface area (Å²) in [5.74, 6) is 0.642. The highest BCUT2D eigenvalue weighted by Gasteiger charge is 2.12. The molecule has 27 heavy (non-hydrogen) atoms. The molecule has 0 bridgehead atoms. The van der Waals surface area contributed by atoms with Gasteiger partial charge in [0.2, 0.25) is 0 Å². The Bertz CT molecular complexity index is 1250. The largest absolute Gasteiger partial charge is 0.369 e. The number of hydrogen-bond donors (Lipinski definition) is 2. The molecule has 0 aliphatic rings. The highest BCUT2D eigenvalue weighted by molar-refractivity contribution is 7.90. The van der Waals surface area contributed by atoms with Gasteiger partial charge in [0.1, 0.15) is 12.1 Å². The van der Waals surface area contributed by atoms with E-state index in [-0.39, 0.29) is 4.90 Å². The predicted molar refractivity (Wildman–Crippen MR) is 108 cm³/mol. The van der Waals surface area contributed by atoms with Gasteiger partial charge in [-0.3, -0.25) is 0 Å². The molecule has 0 aliphatic heterocycles. The highest BCUT2D eigenvalue weighted by Crippen LogP contribution is 2.25. The Morgan fingerprint density at radius 3 is 2.70 bits per heavy atom. The van der Waals surface area contributed by atoms with E-state index in [4.69, 9.17) is 0 Å². The number of nitrogens with zero attached hydrogens (tertiary/aromatic N) is 2. The molecule has 7 heteroatoms. The first kappa shape index (κ1) is 17.5. The molecule has 0 fully saturated rings. The van der Waals surface area contributed by atoms with Crippen molar-refractivity contribution in [1.82, 2.24) is 15.0 Å². The number of nitrogens with one attached hydrogen (secondary N) is 2. The first-order valence-electron chi connectivity index (χ1n) is 8.68. The molecule has 0 radical (unpaired) electrons. The molecule has 138 valence electrons. The maximum Gasteiger partial charge on any atom is 0.175 e. The molecule has 2 heterocycles. The van der Waals surface area contributed by atoms with Crippen molar-refractivity contribution in [2.75, 3.05) is 18.1 Å². The Morgan fingerprint density at radius 1 is 1.07 bits per heavy atom. The second kappa shape index (κ2) is 6.66. The number of rotatable bonds is 5. The topological polar surface area (TPSA) is 87.7 Å². The maximum absolute atomic E-state index is 11.9. The SMILES string of the molecule is Cc1[nH]c2ccccc2c1CCNc1ncnc2ccc(S(C)(=O)=O)cc12. The predicted octanol–water partition coefficient (Wildman–Crippen LogP) is 3.48. The lowest BCUT2D eigenvalue weighted by Gasteiger charge is -2.09. The van der Waals surface area contributed by atoms with Gasteiger partial charge in [-0.2, -0.15) is 0 Å². The number of benzene rings is 2. The third-order valence-electron chi connectivity index (χ3n) is 4.73. The van der Waals surface area contributed by atoms with E-state index in [0.717, 1.165) is 17.6 Å². The number of aryl methyl sites for hydroxylation is 1. The van der Waals surface area contributed by atoms with E-state index in [0.29, 0.717) is 23.3 Å². The van der Waals surface area contributed by atoms with Crippen LogP contribution in [-0.4, -0.2) is 36.2 Å². The fourth-order valence-electron chi connectivity index (χ4n) is 3.37. The summed E-state index contributed by atoms with van der Waals surface area (Å²) < 4.78 is 23.7. The van der Waals surface area contributed by atoms with Crippen LogP contribution in [0.5, 0.6) is 0 Å². The summed E-state index contributed by atoms with van der Waals surface area (Å²) in [5, 5.41) is 5.27. The maximum atomic E-state index is 11.9. The van der Waals surface area contributed by atoms with Crippen LogP contribution in [0.15, 0.2) is 53.7 Å². The zero-order chi connectivity index (χ0) is 19.0. The standard InChI is InChI=1S/C20H20N4O2S/c1-13-15(16-5-3-4-6-19(16)24-13)9-10-21-20-17-11-14(27(2,25)26)7-8-18(17)22-12-23-20/h3-8,11-12,24H,9-10H2,1-2H3,(H,21,22,23). The molecule has 0 unspecified atom stereocenters. The molecule has 0 amide bonds. The van der Waals surface area contributed by atoms with Crippen LogP contribution in [0.3, 0.4) is 0 Å². The summed E-state index contributed by atoms with van der Waals surface area (Å²) in [6, 6.07) is 13.2. The molecule has 0 saturated heterocycles. The number of para-hydroxylation sites is 1. The number of sulfone groups is 1. The van der Waals surface area contributed by atoms with Gasteiger partial charge < -0.3 is 10.3 Å². The third kappa shape index (κ3) is 3.38. The Kier molecular flexibility index (Phi) is 4.31. The average Bonchev–Trinajstić information content (AvgIpc) is 2.96. The lowest BCUT2D eigenvalue weighted by atomic mass is 10.1. The molecular formula is C20H20N4O2S. The lowest BCUT2D eigenvalue weighted by molar-refractivity contribution is 0.602. The molecule has 0 spiro atoms. The highest BCUT2D eigenvalue weighted by atomic mass is 32.2. The average molecular weight is 380 g/mol. The van der Waals surface area contributed by atoms with Crippen molar-refractivity contribution >= 4 is 37.5 Å². The van der Waals surface area contributed by atoms with Crippen LogP contribution in [0.1, 0.15) is 11.3 Å². The molecule has 0 atom stereocenters. The van der Waals surface area contributed by atoms with Gasteiger partial charge in [0, 0.05) is 34.8 Å². The second-order valence-corrected chi connectivity index (χ2v) is 8.64. The van der Waals surface area contributed by atoms with E-state index in [1.165, 1.54) is 23.5 Å². The minimum Gasteiger partial charge on any atom is -0.369 e. The molecule has 2 N–H and O–H groups in total. The molecule has 0 saturated carbocycles. The van der Waals surface area contributed by atoms with Crippen LogP contribution < -0.4 is 5.32 Å². The molecular weight excluding hydrogens is 360 g/mol. The summed E-state index contributed by atoms with van der Waals surface area (Å²) in [4.78, 5) is 12.2. The normalized spacial score (nSPS) is 11.9. The van der Waals surface area contributed by atoms with Crippen LogP contribution in [0, 0.1) is 6.92 Å². The number of aromatic amines is 1. The third-order valence-corrected chi connectivity index (χ3v) is 5.84. The molecule has 2 aromatic carbocycles. The fraction of sp³-hybridized carbons (Fsp3) is 0.200. The van der Waals surface area contributed by atoms with E-state index in [9.17, 15) is 8.42 Å². The first-order chi connectivity index (χ1) is 12.9. The van der Waals surface area contributed by atoms with Gasteiger partial charge in [-0.25, -0.2) is 18.4 Å².